The van der Waals surface area contributed by atoms with Crippen molar-refractivity contribution >= 4 is 0 Å². The Morgan fingerprint density at radius 3 is 2.33 bits per heavy atom. The predicted octanol–water partition coefficient (Wildman–Crippen LogP) is 2.17. The largest absolute Gasteiger partial charge is 0.0617 e. The Morgan fingerprint density at radius 2 is 2.00 bits per heavy atom. The number of benzene rings is 1. The molecule has 1 rings (SSSR count). The molecular formula is C8H9Zn. The standard InChI is InChI=1S/C8H9.Zn/c1-7-4-3-5-8(2)6-7;/h3-6H,1H2,2H3;. The van der Waals surface area contributed by atoms with Crippen molar-refractivity contribution in [3.8, 4) is 0 Å². The van der Waals surface area contributed by atoms with Crippen molar-refractivity contribution in [2.75, 3.05) is 0 Å². The number of aryl methyl sites for hydroxylation is 1. The van der Waals surface area contributed by atoms with Crippen molar-refractivity contribution < 1.29 is 19.5 Å². The van der Waals surface area contributed by atoms with Gasteiger partial charge in [-0.1, -0.05) is 29.8 Å². The summed E-state index contributed by atoms with van der Waals surface area (Å²) in [4.78, 5) is 0. The minimum absolute atomic E-state index is 0. The Kier molecular flexibility index (Phi) is 3.73. The number of hydrogen-bond donors (Lipinski definition) is 0. The smallest absolute Gasteiger partial charge is 0 e. The van der Waals surface area contributed by atoms with Gasteiger partial charge >= 0.3 is 0 Å². The van der Waals surface area contributed by atoms with E-state index in [-0.39, 0.29) is 19.5 Å². The van der Waals surface area contributed by atoms with Crippen molar-refractivity contribution in [1.82, 2.24) is 0 Å². The summed E-state index contributed by atoms with van der Waals surface area (Å²) in [6.07, 6.45) is 0. The first kappa shape index (κ1) is 8.84. The van der Waals surface area contributed by atoms with Gasteiger partial charge in [0.2, 0.25) is 0 Å². The van der Waals surface area contributed by atoms with Crippen LogP contribution in [0.5, 0.6) is 0 Å². The SMILES string of the molecule is [CH2]c1cccc(C)c1.[Zn]. The van der Waals surface area contributed by atoms with Gasteiger partial charge in [-0.05, 0) is 19.4 Å². The fourth-order valence-electron chi connectivity index (χ4n) is 0.712. The zero-order valence-electron chi connectivity index (χ0n) is 5.72. The zero-order valence-corrected chi connectivity index (χ0v) is 8.69. The van der Waals surface area contributed by atoms with Gasteiger partial charge in [0, 0.05) is 19.5 Å². The van der Waals surface area contributed by atoms with Crippen LogP contribution in [0.1, 0.15) is 11.1 Å². The molecule has 1 radical (unpaired) electrons. The molecule has 0 aliphatic heterocycles. The normalized spacial score (nSPS) is 8.22. The molecule has 1 aromatic rings. The van der Waals surface area contributed by atoms with E-state index in [4.69, 9.17) is 0 Å². The van der Waals surface area contributed by atoms with Gasteiger partial charge in [0.15, 0.2) is 0 Å². The van der Waals surface area contributed by atoms with E-state index in [9.17, 15) is 0 Å². The second-order valence-electron chi connectivity index (χ2n) is 1.99. The summed E-state index contributed by atoms with van der Waals surface area (Å²) in [7, 11) is 0. The van der Waals surface area contributed by atoms with Crippen molar-refractivity contribution in [2.45, 2.75) is 6.92 Å². The van der Waals surface area contributed by atoms with Gasteiger partial charge in [-0.3, -0.25) is 0 Å². The first-order chi connectivity index (χ1) is 3.79. The Morgan fingerprint density at radius 1 is 1.33 bits per heavy atom. The van der Waals surface area contributed by atoms with Crippen LogP contribution in [0.15, 0.2) is 24.3 Å². The van der Waals surface area contributed by atoms with Crippen LogP contribution >= 0.6 is 0 Å². The summed E-state index contributed by atoms with van der Waals surface area (Å²) in [5, 5.41) is 0. The monoisotopic (exact) mass is 169 g/mol. The summed E-state index contributed by atoms with van der Waals surface area (Å²) in [6, 6.07) is 8.12. The van der Waals surface area contributed by atoms with Crippen LogP contribution in [0.25, 0.3) is 0 Å². The summed E-state index contributed by atoms with van der Waals surface area (Å²) in [5.41, 5.74) is 2.36. The topological polar surface area (TPSA) is 0 Å². The fraction of sp³-hybridized carbons (Fsp3) is 0.125. The third-order valence-corrected chi connectivity index (χ3v) is 1.08. The van der Waals surface area contributed by atoms with E-state index in [0.29, 0.717) is 0 Å². The molecule has 9 heavy (non-hydrogen) atoms. The van der Waals surface area contributed by atoms with E-state index < -0.39 is 0 Å². The van der Waals surface area contributed by atoms with Crippen LogP contribution in [-0.4, -0.2) is 0 Å². The molecule has 0 nitrogen and oxygen atoms in total. The van der Waals surface area contributed by atoms with Gasteiger partial charge in [-0.25, -0.2) is 0 Å². The summed E-state index contributed by atoms with van der Waals surface area (Å²) in [6.45, 7) is 5.85. The van der Waals surface area contributed by atoms with E-state index >= 15 is 0 Å². The maximum atomic E-state index is 3.78. The molecule has 1 heteroatoms. The first-order valence-electron chi connectivity index (χ1n) is 2.67. The van der Waals surface area contributed by atoms with Crippen LogP contribution in [-0.2, 0) is 19.5 Å². The van der Waals surface area contributed by atoms with Crippen LogP contribution in [0.2, 0.25) is 0 Å². The van der Waals surface area contributed by atoms with E-state index in [2.05, 4.69) is 26.0 Å². The molecular weight excluding hydrogens is 161 g/mol. The molecule has 1 aromatic carbocycles. The summed E-state index contributed by atoms with van der Waals surface area (Å²) >= 11 is 0. The molecule has 0 unspecified atom stereocenters. The predicted molar refractivity (Wildman–Crippen MR) is 35.6 cm³/mol. The van der Waals surface area contributed by atoms with Gasteiger partial charge in [0.1, 0.15) is 0 Å². The Balaban J connectivity index is 0.000000640. The third kappa shape index (κ3) is 2.76. The van der Waals surface area contributed by atoms with Crippen molar-refractivity contribution in [3.05, 3.63) is 42.3 Å². The molecule has 0 fully saturated rings. The van der Waals surface area contributed by atoms with Crippen molar-refractivity contribution in [3.63, 3.8) is 0 Å². The number of rotatable bonds is 0. The van der Waals surface area contributed by atoms with E-state index in [1.807, 2.05) is 12.1 Å². The maximum absolute atomic E-state index is 3.78. The molecule has 43 valence electrons. The van der Waals surface area contributed by atoms with Gasteiger partial charge in [0.25, 0.3) is 0 Å². The first-order valence-corrected chi connectivity index (χ1v) is 2.67. The molecule has 0 bridgehead atoms. The average Bonchev–Trinajstić information content (AvgIpc) is 1.64. The van der Waals surface area contributed by atoms with Crippen LogP contribution < -0.4 is 0 Å². The average molecular weight is 171 g/mol. The molecule has 0 saturated heterocycles. The summed E-state index contributed by atoms with van der Waals surface area (Å²) in [5.74, 6) is 0. The molecule has 0 aliphatic rings. The van der Waals surface area contributed by atoms with Crippen LogP contribution in [0.4, 0.5) is 0 Å². The number of hydrogen-bond acceptors (Lipinski definition) is 0. The quantitative estimate of drug-likeness (QED) is 0.524. The van der Waals surface area contributed by atoms with E-state index in [1.165, 1.54) is 5.56 Å². The minimum atomic E-state index is 0. The Labute approximate surface area is 69.0 Å². The Bertz CT molecular complexity index is 164. The van der Waals surface area contributed by atoms with Crippen LogP contribution in [0.3, 0.4) is 0 Å². The van der Waals surface area contributed by atoms with E-state index in [1.54, 1.807) is 0 Å². The van der Waals surface area contributed by atoms with E-state index in [0.717, 1.165) is 5.56 Å². The third-order valence-electron chi connectivity index (χ3n) is 1.08. The molecule has 0 spiro atoms. The molecule has 0 amide bonds. The molecule has 0 aliphatic carbocycles. The molecule has 0 saturated carbocycles. The molecule has 0 aromatic heterocycles. The van der Waals surface area contributed by atoms with Gasteiger partial charge in [-0.2, -0.15) is 0 Å². The van der Waals surface area contributed by atoms with Crippen molar-refractivity contribution in [2.24, 2.45) is 0 Å². The maximum Gasteiger partial charge on any atom is 0 e. The fourth-order valence-corrected chi connectivity index (χ4v) is 0.712. The second-order valence-corrected chi connectivity index (χ2v) is 1.99. The summed E-state index contributed by atoms with van der Waals surface area (Å²) < 4.78 is 0. The second kappa shape index (κ2) is 3.79. The minimum Gasteiger partial charge on any atom is -0.0617 e. The zero-order chi connectivity index (χ0) is 5.98. The molecule has 0 atom stereocenters. The molecule has 0 N–H and O–H groups in total. The van der Waals surface area contributed by atoms with Crippen LogP contribution in [0, 0.1) is 13.8 Å². The van der Waals surface area contributed by atoms with Crippen molar-refractivity contribution in [1.29, 1.82) is 0 Å². The van der Waals surface area contributed by atoms with Gasteiger partial charge < -0.3 is 0 Å². The van der Waals surface area contributed by atoms with Gasteiger partial charge in [-0.15, -0.1) is 0 Å². The Hall–Kier alpha value is -0.157. The molecule has 0 heterocycles. The van der Waals surface area contributed by atoms with Gasteiger partial charge in [0.05, 0.1) is 0 Å².